The maximum Gasteiger partial charge on any atom is 0.335 e. The lowest BCUT2D eigenvalue weighted by Gasteiger charge is -2.58. The standard InChI is InChI=1S/C15H24O4/c1-4-17-12(16)11-10-9-15(7-5-6-8-15)13(18-11)19-14(10,2)3/h10-11,13H,4-9H2,1-3H3/t10-,11-,13+/m0/s1. The summed E-state index contributed by atoms with van der Waals surface area (Å²) in [7, 11) is 0. The van der Waals surface area contributed by atoms with Crippen LogP contribution in [0.2, 0.25) is 0 Å². The van der Waals surface area contributed by atoms with E-state index in [-0.39, 0.29) is 29.2 Å². The number of rotatable bonds is 2. The first-order valence-corrected chi connectivity index (χ1v) is 7.48. The third kappa shape index (κ3) is 2.00. The summed E-state index contributed by atoms with van der Waals surface area (Å²) in [5.41, 5.74) is -0.142. The average Bonchev–Trinajstić information content (AvgIpc) is 2.79. The zero-order valence-corrected chi connectivity index (χ0v) is 12.1. The molecule has 0 amide bonds. The van der Waals surface area contributed by atoms with Crippen molar-refractivity contribution < 1.29 is 19.0 Å². The molecular formula is C15H24O4. The minimum Gasteiger partial charge on any atom is -0.464 e. The zero-order chi connectivity index (χ0) is 13.7. The van der Waals surface area contributed by atoms with E-state index in [0.29, 0.717) is 6.61 Å². The number of fused-ring (bicyclic) bond motifs is 2. The van der Waals surface area contributed by atoms with Gasteiger partial charge in [-0.2, -0.15) is 0 Å². The zero-order valence-electron chi connectivity index (χ0n) is 12.1. The lowest BCUT2D eigenvalue weighted by atomic mass is 9.65. The molecule has 108 valence electrons. The fourth-order valence-corrected chi connectivity index (χ4v) is 4.10. The molecule has 1 saturated carbocycles. The minimum absolute atomic E-state index is 0.106. The first kappa shape index (κ1) is 13.4. The molecule has 4 rings (SSSR count). The van der Waals surface area contributed by atoms with Crippen molar-refractivity contribution in [3.8, 4) is 0 Å². The monoisotopic (exact) mass is 268 g/mol. The van der Waals surface area contributed by atoms with E-state index in [2.05, 4.69) is 13.8 Å². The van der Waals surface area contributed by atoms with E-state index in [1.54, 1.807) is 0 Å². The van der Waals surface area contributed by atoms with Crippen LogP contribution >= 0.6 is 0 Å². The Bertz CT molecular complexity index is 370. The maximum absolute atomic E-state index is 12.1. The van der Waals surface area contributed by atoms with Crippen molar-refractivity contribution in [2.45, 2.75) is 70.9 Å². The number of hydrogen-bond acceptors (Lipinski definition) is 4. The number of hydrogen-bond donors (Lipinski definition) is 0. The highest BCUT2D eigenvalue weighted by Gasteiger charge is 2.62. The van der Waals surface area contributed by atoms with E-state index >= 15 is 0 Å². The molecular weight excluding hydrogens is 244 g/mol. The van der Waals surface area contributed by atoms with Gasteiger partial charge in [0, 0.05) is 11.3 Å². The second kappa shape index (κ2) is 4.45. The Kier molecular flexibility index (Phi) is 3.13. The molecule has 0 aromatic rings. The van der Waals surface area contributed by atoms with Gasteiger partial charge < -0.3 is 14.2 Å². The molecule has 4 heteroatoms. The van der Waals surface area contributed by atoms with E-state index in [0.717, 1.165) is 6.42 Å². The predicted octanol–water partition coefficient (Wildman–Crippen LogP) is 2.65. The van der Waals surface area contributed by atoms with Gasteiger partial charge in [0.25, 0.3) is 0 Å². The fourth-order valence-electron chi connectivity index (χ4n) is 4.10. The highest BCUT2D eigenvalue weighted by Crippen LogP contribution is 2.58. The Balaban J connectivity index is 1.84. The molecule has 0 N–H and O–H groups in total. The molecule has 4 fully saturated rings. The Labute approximate surface area is 114 Å². The third-order valence-electron chi connectivity index (χ3n) is 5.18. The quantitative estimate of drug-likeness (QED) is 0.722. The van der Waals surface area contributed by atoms with Crippen LogP contribution in [-0.2, 0) is 19.0 Å². The smallest absolute Gasteiger partial charge is 0.335 e. The Hall–Kier alpha value is -0.610. The molecule has 4 aliphatic rings. The minimum atomic E-state index is -0.445. The van der Waals surface area contributed by atoms with Gasteiger partial charge in [-0.15, -0.1) is 0 Å². The summed E-state index contributed by atoms with van der Waals surface area (Å²) in [6.45, 7) is 6.38. The lowest BCUT2D eigenvalue weighted by Crippen LogP contribution is -2.65. The van der Waals surface area contributed by atoms with E-state index in [1.165, 1.54) is 25.7 Å². The molecule has 2 bridgehead atoms. The molecule has 1 aliphatic carbocycles. The first-order chi connectivity index (χ1) is 8.98. The van der Waals surface area contributed by atoms with Gasteiger partial charge in [-0.05, 0) is 40.0 Å². The first-order valence-electron chi connectivity index (χ1n) is 7.48. The Morgan fingerprint density at radius 2 is 2.00 bits per heavy atom. The second-order valence-corrected chi connectivity index (χ2v) is 6.74. The van der Waals surface area contributed by atoms with Crippen molar-refractivity contribution in [2.24, 2.45) is 11.3 Å². The molecule has 3 saturated heterocycles. The summed E-state index contributed by atoms with van der Waals surface area (Å²) >= 11 is 0. The van der Waals surface area contributed by atoms with Crippen LogP contribution in [0.25, 0.3) is 0 Å². The van der Waals surface area contributed by atoms with Gasteiger partial charge >= 0.3 is 5.97 Å². The van der Waals surface area contributed by atoms with Gasteiger partial charge in [-0.25, -0.2) is 4.79 Å². The van der Waals surface area contributed by atoms with E-state index in [9.17, 15) is 4.79 Å². The van der Waals surface area contributed by atoms with Crippen molar-refractivity contribution in [2.75, 3.05) is 6.61 Å². The topological polar surface area (TPSA) is 44.8 Å². The molecule has 0 radical (unpaired) electrons. The molecule has 0 unspecified atom stereocenters. The van der Waals surface area contributed by atoms with Gasteiger partial charge in [0.2, 0.25) is 0 Å². The molecule has 4 nitrogen and oxygen atoms in total. The van der Waals surface area contributed by atoms with Crippen LogP contribution < -0.4 is 0 Å². The van der Waals surface area contributed by atoms with Crippen LogP contribution in [0.5, 0.6) is 0 Å². The van der Waals surface area contributed by atoms with Gasteiger partial charge in [-0.1, -0.05) is 12.8 Å². The van der Waals surface area contributed by atoms with Crippen LogP contribution in [0.4, 0.5) is 0 Å². The predicted molar refractivity (Wildman–Crippen MR) is 69.5 cm³/mol. The molecule has 3 heterocycles. The largest absolute Gasteiger partial charge is 0.464 e. The molecule has 0 aromatic heterocycles. The van der Waals surface area contributed by atoms with Gasteiger partial charge in [-0.3, -0.25) is 0 Å². The number of ether oxygens (including phenoxy) is 3. The Morgan fingerprint density at radius 3 is 2.58 bits per heavy atom. The van der Waals surface area contributed by atoms with Crippen LogP contribution in [0.1, 0.15) is 52.9 Å². The van der Waals surface area contributed by atoms with Crippen molar-refractivity contribution >= 4 is 5.97 Å². The van der Waals surface area contributed by atoms with Gasteiger partial charge in [0.15, 0.2) is 12.4 Å². The summed E-state index contributed by atoms with van der Waals surface area (Å²) in [4.78, 5) is 12.1. The third-order valence-corrected chi connectivity index (χ3v) is 5.18. The molecule has 19 heavy (non-hydrogen) atoms. The normalized spacial score (nSPS) is 38.6. The highest BCUT2D eigenvalue weighted by molar-refractivity contribution is 5.75. The SMILES string of the molecule is CCOC(=O)[C@H]1O[C@@H]2OC(C)(C)[C@H]1CC21CCCC1. The van der Waals surface area contributed by atoms with Crippen molar-refractivity contribution in [3.63, 3.8) is 0 Å². The van der Waals surface area contributed by atoms with Crippen LogP contribution in [0.3, 0.4) is 0 Å². The molecule has 0 aromatic carbocycles. The fraction of sp³-hybridized carbons (Fsp3) is 0.933. The summed E-state index contributed by atoms with van der Waals surface area (Å²) in [6.07, 6.45) is 5.19. The number of carbonyl (C=O) groups is 1. The maximum atomic E-state index is 12.1. The van der Waals surface area contributed by atoms with Crippen LogP contribution in [-0.4, -0.2) is 30.6 Å². The molecule has 3 atom stereocenters. The summed E-state index contributed by atoms with van der Waals surface area (Å²) < 4.78 is 17.3. The van der Waals surface area contributed by atoms with E-state index < -0.39 is 6.10 Å². The average molecular weight is 268 g/mol. The Morgan fingerprint density at radius 1 is 1.32 bits per heavy atom. The van der Waals surface area contributed by atoms with Crippen LogP contribution in [0.15, 0.2) is 0 Å². The molecule has 3 aliphatic heterocycles. The second-order valence-electron chi connectivity index (χ2n) is 6.74. The highest BCUT2D eigenvalue weighted by atomic mass is 16.7. The van der Waals surface area contributed by atoms with Crippen molar-refractivity contribution in [3.05, 3.63) is 0 Å². The van der Waals surface area contributed by atoms with E-state index in [4.69, 9.17) is 14.2 Å². The van der Waals surface area contributed by atoms with Gasteiger partial charge in [0.1, 0.15) is 0 Å². The van der Waals surface area contributed by atoms with Crippen molar-refractivity contribution in [1.29, 1.82) is 0 Å². The summed E-state index contributed by atoms with van der Waals surface area (Å²) in [5.74, 6) is -0.114. The van der Waals surface area contributed by atoms with Crippen LogP contribution in [0, 0.1) is 11.3 Å². The van der Waals surface area contributed by atoms with Gasteiger partial charge in [0.05, 0.1) is 12.2 Å². The van der Waals surface area contributed by atoms with Crippen molar-refractivity contribution in [1.82, 2.24) is 0 Å². The lowest BCUT2D eigenvalue weighted by molar-refractivity contribution is -0.372. The summed E-state index contributed by atoms with van der Waals surface area (Å²) in [5, 5.41) is 0. The number of esters is 1. The van der Waals surface area contributed by atoms with E-state index in [1.807, 2.05) is 6.92 Å². The summed E-state index contributed by atoms with van der Waals surface area (Å²) in [6, 6.07) is 0. The molecule has 1 spiro atoms. The number of carbonyl (C=O) groups excluding carboxylic acids is 1.